The zero-order valence-electron chi connectivity index (χ0n) is 21.4. The summed E-state index contributed by atoms with van der Waals surface area (Å²) in [5, 5.41) is 11.1. The summed E-state index contributed by atoms with van der Waals surface area (Å²) in [6, 6.07) is 5.36. The number of ether oxygens (including phenoxy) is 1. The topological polar surface area (TPSA) is 119 Å². The number of aliphatic carboxylic acids is 1. The first-order valence-electron chi connectivity index (χ1n) is 12.8. The molecule has 0 aliphatic rings. The van der Waals surface area contributed by atoms with Crippen molar-refractivity contribution in [2.45, 2.75) is 89.7 Å². The fourth-order valence-electron chi connectivity index (χ4n) is 3.84. The number of halogens is 1. The molecule has 0 saturated carbocycles. The number of carboxylic acid groups (broad SMARTS) is 1. The molecular formula is C27H41ClN2O6. The average Bonchev–Trinajstić information content (AvgIpc) is 2.87. The number of hydrogen-bond donors (Lipinski definition) is 2. The van der Waals surface area contributed by atoms with E-state index in [1.54, 1.807) is 37.3 Å². The maximum Gasteiger partial charge on any atom is 0.334 e. The van der Waals surface area contributed by atoms with E-state index in [1.807, 2.05) is 0 Å². The van der Waals surface area contributed by atoms with E-state index in [0.717, 1.165) is 43.8 Å². The number of carbonyl (C=O) groups excluding carboxylic acids is 2. The number of hydroxylamine groups is 2. The van der Waals surface area contributed by atoms with E-state index in [-0.39, 0.29) is 31.6 Å². The number of nitrogens with two attached hydrogens (primary N) is 1. The third-order valence-electron chi connectivity index (χ3n) is 5.88. The molecule has 0 aliphatic carbocycles. The van der Waals surface area contributed by atoms with Gasteiger partial charge in [-0.1, -0.05) is 74.7 Å². The Morgan fingerprint density at radius 3 is 2.17 bits per heavy atom. The second-order valence-corrected chi connectivity index (χ2v) is 9.18. The molecule has 36 heavy (non-hydrogen) atoms. The minimum absolute atomic E-state index is 0.0778. The van der Waals surface area contributed by atoms with E-state index in [1.165, 1.54) is 19.3 Å². The molecule has 0 aromatic heterocycles. The van der Waals surface area contributed by atoms with Crippen LogP contribution in [0.25, 0.3) is 0 Å². The van der Waals surface area contributed by atoms with Crippen LogP contribution in [0.1, 0.15) is 82.6 Å². The predicted octanol–water partition coefficient (Wildman–Crippen LogP) is 5.10. The Balaban J connectivity index is 2.69. The minimum Gasteiger partial charge on any atom is -0.479 e. The van der Waals surface area contributed by atoms with Crippen molar-refractivity contribution in [2.75, 3.05) is 20.3 Å². The Hall–Kier alpha value is -2.22. The van der Waals surface area contributed by atoms with E-state index in [0.29, 0.717) is 23.4 Å². The third-order valence-corrected chi connectivity index (χ3v) is 6.25. The highest BCUT2D eigenvalue weighted by atomic mass is 35.5. The van der Waals surface area contributed by atoms with Crippen molar-refractivity contribution >= 4 is 29.4 Å². The molecular weight excluding hydrogens is 484 g/mol. The summed E-state index contributed by atoms with van der Waals surface area (Å²) in [4.78, 5) is 42.5. The minimum atomic E-state index is -1.57. The van der Waals surface area contributed by atoms with E-state index in [9.17, 15) is 19.5 Å². The Bertz CT molecular complexity index is 828. The zero-order valence-corrected chi connectivity index (χ0v) is 22.1. The lowest BCUT2D eigenvalue weighted by atomic mass is 10.0. The molecule has 0 saturated heterocycles. The summed E-state index contributed by atoms with van der Waals surface area (Å²) in [5.41, 5.74) is 6.05. The molecule has 0 radical (unpaired) electrons. The molecule has 1 amide bonds. The number of rotatable bonds is 21. The second kappa shape index (κ2) is 19.9. The summed E-state index contributed by atoms with van der Waals surface area (Å²) in [7, 11) is 1.72. The summed E-state index contributed by atoms with van der Waals surface area (Å²) in [5.74, 6) is -0.152. The van der Waals surface area contributed by atoms with Crippen LogP contribution >= 0.6 is 11.6 Å². The molecule has 1 atom stereocenters. The fraction of sp³-hybridized carbons (Fsp3) is 0.630. The van der Waals surface area contributed by atoms with Gasteiger partial charge in [0.15, 0.2) is 6.04 Å². The number of methoxy groups -OCH3 is 1. The van der Waals surface area contributed by atoms with Gasteiger partial charge in [-0.05, 0) is 43.9 Å². The van der Waals surface area contributed by atoms with Crippen LogP contribution in [0.3, 0.4) is 0 Å². The number of carboxylic acids is 1. The van der Waals surface area contributed by atoms with Crippen LogP contribution in [0.4, 0.5) is 0 Å². The summed E-state index contributed by atoms with van der Waals surface area (Å²) in [6.07, 6.45) is 10.0. The van der Waals surface area contributed by atoms with Crippen LogP contribution in [0.15, 0.2) is 29.8 Å². The number of benzene rings is 1. The van der Waals surface area contributed by atoms with Gasteiger partial charge in [0.05, 0.1) is 5.57 Å². The number of carbonyl (C=O) groups is 2. The fourth-order valence-corrected chi connectivity index (χ4v) is 4.03. The second-order valence-electron chi connectivity index (χ2n) is 8.77. The standard InChI is InChI=1S/C27H41ClN2O6/c1-35-19-12-8-6-4-2-3-5-7-9-17-25(32)30(36-21-23-14-10-11-16-24(23)28)26(27(33)34)22(20-31)15-13-18-29/h10-11,14,16,26H,2-9,12-13,15,17-19,21,29H2,1H3,(H,33,34)/t26-/m1/s1. The molecule has 1 rings (SSSR count). The highest BCUT2D eigenvalue weighted by Gasteiger charge is 2.35. The molecule has 0 unspecified atom stereocenters. The first-order valence-corrected chi connectivity index (χ1v) is 13.2. The maximum absolute atomic E-state index is 13.1. The Morgan fingerprint density at radius 2 is 1.61 bits per heavy atom. The van der Waals surface area contributed by atoms with Crippen molar-refractivity contribution in [1.82, 2.24) is 5.06 Å². The van der Waals surface area contributed by atoms with E-state index < -0.39 is 17.9 Å². The van der Waals surface area contributed by atoms with Crippen LogP contribution in [0.2, 0.25) is 5.02 Å². The van der Waals surface area contributed by atoms with Gasteiger partial charge in [0.25, 0.3) is 0 Å². The first kappa shape index (κ1) is 31.8. The van der Waals surface area contributed by atoms with E-state index >= 15 is 0 Å². The molecule has 8 nitrogen and oxygen atoms in total. The number of hydrogen-bond acceptors (Lipinski definition) is 6. The highest BCUT2D eigenvalue weighted by molar-refractivity contribution is 6.31. The summed E-state index contributed by atoms with van der Waals surface area (Å²) in [6.45, 7) is 0.981. The van der Waals surface area contributed by atoms with Crippen LogP contribution in [0.5, 0.6) is 0 Å². The van der Waals surface area contributed by atoms with Crippen molar-refractivity contribution < 1.29 is 29.1 Å². The number of unbranched alkanes of at least 4 members (excludes halogenated alkanes) is 8. The molecule has 0 bridgehead atoms. The monoisotopic (exact) mass is 524 g/mol. The maximum atomic E-state index is 13.1. The molecule has 1 aromatic carbocycles. The van der Waals surface area contributed by atoms with Crippen molar-refractivity contribution in [2.24, 2.45) is 5.73 Å². The Morgan fingerprint density at radius 1 is 1.00 bits per heavy atom. The van der Waals surface area contributed by atoms with Crippen LogP contribution < -0.4 is 5.73 Å². The lowest BCUT2D eigenvalue weighted by Gasteiger charge is -2.28. The van der Waals surface area contributed by atoms with Gasteiger partial charge in [-0.2, -0.15) is 0 Å². The predicted molar refractivity (Wildman–Crippen MR) is 140 cm³/mol. The highest BCUT2D eigenvalue weighted by Crippen LogP contribution is 2.21. The molecule has 0 fully saturated rings. The number of amides is 1. The molecule has 0 aliphatic heterocycles. The largest absolute Gasteiger partial charge is 0.479 e. The van der Waals surface area contributed by atoms with Gasteiger partial charge in [-0.15, -0.1) is 0 Å². The lowest BCUT2D eigenvalue weighted by Crippen LogP contribution is -2.46. The molecule has 1 aromatic rings. The van der Waals surface area contributed by atoms with Gasteiger partial charge in [-0.25, -0.2) is 14.7 Å². The molecule has 0 heterocycles. The summed E-state index contributed by atoms with van der Waals surface area (Å²) >= 11 is 6.19. The third kappa shape index (κ3) is 12.7. The van der Waals surface area contributed by atoms with Gasteiger partial charge >= 0.3 is 5.97 Å². The average molecular weight is 525 g/mol. The van der Waals surface area contributed by atoms with Crippen molar-refractivity contribution in [3.63, 3.8) is 0 Å². The van der Waals surface area contributed by atoms with Crippen LogP contribution in [0, 0.1) is 0 Å². The first-order chi connectivity index (χ1) is 17.5. The van der Waals surface area contributed by atoms with Crippen molar-refractivity contribution in [3.8, 4) is 0 Å². The molecule has 3 N–H and O–H groups in total. The van der Waals surface area contributed by atoms with E-state index in [4.69, 9.17) is 26.9 Å². The zero-order chi connectivity index (χ0) is 26.6. The van der Waals surface area contributed by atoms with Crippen molar-refractivity contribution in [3.05, 3.63) is 40.4 Å². The quantitative estimate of drug-likeness (QED) is 0.130. The van der Waals surface area contributed by atoms with Gasteiger partial charge in [0.1, 0.15) is 12.5 Å². The van der Waals surface area contributed by atoms with Gasteiger partial charge in [0.2, 0.25) is 5.91 Å². The van der Waals surface area contributed by atoms with Crippen molar-refractivity contribution in [1.29, 1.82) is 0 Å². The number of nitrogens with zero attached hydrogens (tertiary/aromatic N) is 1. The van der Waals surface area contributed by atoms with E-state index in [2.05, 4.69) is 0 Å². The van der Waals surface area contributed by atoms with Gasteiger partial charge in [-0.3, -0.25) is 9.63 Å². The molecule has 202 valence electrons. The Kier molecular flexibility index (Phi) is 17.6. The summed E-state index contributed by atoms with van der Waals surface area (Å²) < 4.78 is 5.05. The molecule has 0 spiro atoms. The normalized spacial score (nSPS) is 11.6. The van der Waals surface area contributed by atoms with Gasteiger partial charge < -0.3 is 15.6 Å². The lowest BCUT2D eigenvalue weighted by molar-refractivity contribution is -0.207. The molecule has 9 heteroatoms. The van der Waals surface area contributed by atoms with Crippen LogP contribution in [-0.4, -0.2) is 54.3 Å². The SMILES string of the molecule is COCCCCCCCCCCCC(=O)N(OCc1ccccc1Cl)[C@@H](C(=O)O)C(=C=O)CCCN. The van der Waals surface area contributed by atoms with Gasteiger partial charge in [0, 0.05) is 25.2 Å². The van der Waals surface area contributed by atoms with Crippen LogP contribution in [-0.2, 0) is 30.6 Å². The smallest absolute Gasteiger partial charge is 0.334 e. The Labute approximate surface area is 219 Å².